The Hall–Kier alpha value is -1.35. The zero-order valence-corrected chi connectivity index (χ0v) is 11.9. The van der Waals surface area contributed by atoms with E-state index >= 15 is 0 Å². The fraction of sp³-hybridized carbons (Fsp3) is 0.562. The number of nitrogens with zero attached hydrogens (tertiary/aromatic N) is 1. The SMILES string of the molecule is COC(=O)C(CN1CCCCC1)c1ccc(C)cc1. The molecule has 1 aromatic carbocycles. The van der Waals surface area contributed by atoms with Gasteiger partial charge in [0, 0.05) is 6.54 Å². The molecular weight excluding hydrogens is 238 g/mol. The van der Waals surface area contributed by atoms with Crippen LogP contribution in [0.4, 0.5) is 0 Å². The number of carbonyl (C=O) groups excluding carboxylic acids is 1. The van der Waals surface area contributed by atoms with E-state index in [9.17, 15) is 4.79 Å². The molecule has 0 aromatic heterocycles. The van der Waals surface area contributed by atoms with Crippen LogP contribution in [0.3, 0.4) is 0 Å². The largest absolute Gasteiger partial charge is 0.469 e. The van der Waals surface area contributed by atoms with E-state index in [-0.39, 0.29) is 11.9 Å². The van der Waals surface area contributed by atoms with Gasteiger partial charge in [0.15, 0.2) is 0 Å². The van der Waals surface area contributed by atoms with Crippen molar-refractivity contribution in [1.29, 1.82) is 0 Å². The standard InChI is InChI=1S/C16H23NO2/c1-13-6-8-14(9-7-13)15(16(18)19-2)12-17-10-4-3-5-11-17/h6-9,15H,3-5,10-12H2,1-2H3. The highest BCUT2D eigenvalue weighted by atomic mass is 16.5. The fourth-order valence-electron chi connectivity index (χ4n) is 2.66. The second-order valence-corrected chi connectivity index (χ2v) is 5.35. The summed E-state index contributed by atoms with van der Waals surface area (Å²) in [5.74, 6) is -0.293. The predicted octanol–water partition coefficient (Wildman–Crippen LogP) is 2.74. The van der Waals surface area contributed by atoms with E-state index in [1.807, 2.05) is 12.1 Å². The lowest BCUT2D eigenvalue weighted by Gasteiger charge is -2.29. The smallest absolute Gasteiger partial charge is 0.314 e. The summed E-state index contributed by atoms with van der Waals surface area (Å²) in [5.41, 5.74) is 2.27. The van der Waals surface area contributed by atoms with E-state index in [4.69, 9.17) is 4.74 Å². The van der Waals surface area contributed by atoms with Crippen LogP contribution in [-0.2, 0) is 9.53 Å². The Labute approximate surface area is 115 Å². The summed E-state index contributed by atoms with van der Waals surface area (Å²) < 4.78 is 4.97. The summed E-state index contributed by atoms with van der Waals surface area (Å²) in [6.07, 6.45) is 3.79. The molecule has 104 valence electrons. The van der Waals surface area contributed by atoms with Gasteiger partial charge in [-0.1, -0.05) is 36.2 Å². The van der Waals surface area contributed by atoms with Crippen molar-refractivity contribution in [2.45, 2.75) is 32.1 Å². The van der Waals surface area contributed by atoms with Crippen LogP contribution >= 0.6 is 0 Å². The molecule has 19 heavy (non-hydrogen) atoms. The molecular formula is C16H23NO2. The molecule has 0 amide bonds. The Kier molecular flexibility index (Phi) is 4.97. The van der Waals surface area contributed by atoms with E-state index in [0.717, 1.165) is 25.2 Å². The van der Waals surface area contributed by atoms with E-state index in [2.05, 4.69) is 24.0 Å². The Morgan fingerprint density at radius 2 is 1.84 bits per heavy atom. The average Bonchev–Trinajstić information content (AvgIpc) is 2.46. The third kappa shape index (κ3) is 3.80. The van der Waals surface area contributed by atoms with Gasteiger partial charge in [-0.2, -0.15) is 0 Å². The zero-order valence-electron chi connectivity index (χ0n) is 11.9. The molecule has 0 saturated carbocycles. The highest BCUT2D eigenvalue weighted by Gasteiger charge is 2.25. The van der Waals surface area contributed by atoms with Crippen molar-refractivity contribution in [1.82, 2.24) is 4.90 Å². The number of piperidine rings is 1. The van der Waals surface area contributed by atoms with Gasteiger partial charge in [-0.05, 0) is 38.4 Å². The molecule has 2 rings (SSSR count). The highest BCUT2D eigenvalue weighted by molar-refractivity contribution is 5.78. The van der Waals surface area contributed by atoms with Crippen LogP contribution in [0, 0.1) is 6.92 Å². The van der Waals surface area contributed by atoms with Gasteiger partial charge in [-0.25, -0.2) is 0 Å². The Balaban J connectivity index is 2.10. The Morgan fingerprint density at radius 1 is 1.21 bits per heavy atom. The van der Waals surface area contributed by atoms with Crippen molar-refractivity contribution in [3.8, 4) is 0 Å². The predicted molar refractivity (Wildman–Crippen MR) is 76.2 cm³/mol. The van der Waals surface area contributed by atoms with Crippen LogP contribution in [0.1, 0.15) is 36.3 Å². The van der Waals surface area contributed by atoms with Gasteiger partial charge < -0.3 is 9.64 Å². The van der Waals surface area contributed by atoms with Gasteiger partial charge in [0.1, 0.15) is 0 Å². The van der Waals surface area contributed by atoms with Crippen LogP contribution in [0.25, 0.3) is 0 Å². The van der Waals surface area contributed by atoms with Crippen LogP contribution < -0.4 is 0 Å². The van der Waals surface area contributed by atoms with Crippen molar-refractivity contribution in [3.05, 3.63) is 35.4 Å². The van der Waals surface area contributed by atoms with Crippen molar-refractivity contribution in [2.75, 3.05) is 26.7 Å². The molecule has 1 aromatic rings. The summed E-state index contributed by atoms with van der Waals surface area (Å²) in [6.45, 7) is 5.02. The highest BCUT2D eigenvalue weighted by Crippen LogP contribution is 2.21. The summed E-state index contributed by atoms with van der Waals surface area (Å²) in [7, 11) is 1.47. The van der Waals surface area contributed by atoms with Crippen molar-refractivity contribution in [2.24, 2.45) is 0 Å². The minimum atomic E-state index is -0.163. The lowest BCUT2D eigenvalue weighted by molar-refractivity contribution is -0.143. The number of likely N-dealkylation sites (tertiary alicyclic amines) is 1. The normalized spacial score (nSPS) is 18.0. The molecule has 0 radical (unpaired) electrons. The first kappa shape index (κ1) is 14.1. The van der Waals surface area contributed by atoms with Crippen LogP contribution in [0.15, 0.2) is 24.3 Å². The maximum Gasteiger partial charge on any atom is 0.314 e. The van der Waals surface area contributed by atoms with Crippen LogP contribution in [0.5, 0.6) is 0 Å². The Morgan fingerprint density at radius 3 is 2.42 bits per heavy atom. The quantitative estimate of drug-likeness (QED) is 0.781. The number of methoxy groups -OCH3 is 1. The number of benzene rings is 1. The molecule has 3 nitrogen and oxygen atoms in total. The van der Waals surface area contributed by atoms with Gasteiger partial charge in [-0.3, -0.25) is 4.79 Å². The number of rotatable bonds is 4. The van der Waals surface area contributed by atoms with Crippen molar-refractivity contribution >= 4 is 5.97 Å². The van der Waals surface area contributed by atoms with Gasteiger partial charge in [0.05, 0.1) is 13.0 Å². The molecule has 1 fully saturated rings. The molecule has 1 unspecified atom stereocenters. The first-order valence-corrected chi connectivity index (χ1v) is 7.07. The first-order chi connectivity index (χ1) is 9.20. The van der Waals surface area contributed by atoms with E-state index in [1.165, 1.54) is 31.9 Å². The van der Waals surface area contributed by atoms with Crippen LogP contribution in [-0.4, -0.2) is 37.6 Å². The summed E-state index contributed by atoms with van der Waals surface area (Å²) in [5, 5.41) is 0. The van der Waals surface area contributed by atoms with Gasteiger partial charge in [0.2, 0.25) is 0 Å². The van der Waals surface area contributed by atoms with Crippen molar-refractivity contribution < 1.29 is 9.53 Å². The number of hydrogen-bond donors (Lipinski definition) is 0. The third-order valence-electron chi connectivity index (χ3n) is 3.85. The van der Waals surface area contributed by atoms with Crippen molar-refractivity contribution in [3.63, 3.8) is 0 Å². The molecule has 1 heterocycles. The minimum absolute atomic E-state index is 0.130. The lowest BCUT2D eigenvalue weighted by Crippen LogP contribution is -2.36. The maximum absolute atomic E-state index is 12.0. The number of esters is 1. The summed E-state index contributed by atoms with van der Waals surface area (Å²) in [4.78, 5) is 14.4. The molecule has 3 heteroatoms. The summed E-state index contributed by atoms with van der Waals surface area (Å²) in [6, 6.07) is 8.20. The molecule has 1 saturated heterocycles. The summed E-state index contributed by atoms with van der Waals surface area (Å²) >= 11 is 0. The third-order valence-corrected chi connectivity index (χ3v) is 3.85. The molecule has 1 aliphatic heterocycles. The monoisotopic (exact) mass is 261 g/mol. The minimum Gasteiger partial charge on any atom is -0.469 e. The number of aryl methyl sites for hydroxylation is 1. The molecule has 0 N–H and O–H groups in total. The topological polar surface area (TPSA) is 29.5 Å². The second kappa shape index (κ2) is 6.71. The van der Waals surface area contributed by atoms with Gasteiger partial charge in [-0.15, -0.1) is 0 Å². The average molecular weight is 261 g/mol. The fourth-order valence-corrected chi connectivity index (χ4v) is 2.66. The molecule has 1 atom stereocenters. The van der Waals surface area contributed by atoms with Crippen LogP contribution in [0.2, 0.25) is 0 Å². The zero-order chi connectivity index (χ0) is 13.7. The van der Waals surface area contributed by atoms with E-state index in [1.54, 1.807) is 0 Å². The number of ether oxygens (including phenoxy) is 1. The maximum atomic E-state index is 12.0. The number of hydrogen-bond acceptors (Lipinski definition) is 3. The molecule has 0 aliphatic carbocycles. The van der Waals surface area contributed by atoms with Gasteiger partial charge >= 0.3 is 5.97 Å². The Bertz CT molecular complexity index is 407. The molecule has 0 spiro atoms. The first-order valence-electron chi connectivity index (χ1n) is 7.07. The van der Waals surface area contributed by atoms with Gasteiger partial charge in [0.25, 0.3) is 0 Å². The second-order valence-electron chi connectivity index (χ2n) is 5.35. The molecule has 0 bridgehead atoms. The van der Waals surface area contributed by atoms with E-state index in [0.29, 0.717) is 0 Å². The van der Waals surface area contributed by atoms with E-state index < -0.39 is 0 Å². The lowest BCUT2D eigenvalue weighted by atomic mass is 9.96. The molecule has 1 aliphatic rings. The number of carbonyl (C=O) groups is 1.